The average molecular weight is 301 g/mol. The first kappa shape index (κ1) is 14.4. The van der Waals surface area contributed by atoms with Crippen LogP contribution in [0.4, 0.5) is 11.8 Å². The van der Waals surface area contributed by atoms with Crippen molar-refractivity contribution < 1.29 is 9.47 Å². The van der Waals surface area contributed by atoms with Crippen molar-refractivity contribution in [2.45, 2.75) is 26.3 Å². The summed E-state index contributed by atoms with van der Waals surface area (Å²) in [6.07, 6.45) is 3.82. The third-order valence-electron chi connectivity index (χ3n) is 3.28. The van der Waals surface area contributed by atoms with Crippen molar-refractivity contribution in [2.24, 2.45) is 0 Å². The molecule has 0 unspecified atom stereocenters. The van der Waals surface area contributed by atoms with Gasteiger partial charge in [-0.3, -0.25) is 0 Å². The second-order valence-corrected chi connectivity index (χ2v) is 4.99. The van der Waals surface area contributed by atoms with E-state index in [-0.39, 0.29) is 6.79 Å². The molecule has 0 fully saturated rings. The quantitative estimate of drug-likeness (QED) is 0.760. The van der Waals surface area contributed by atoms with Crippen LogP contribution in [-0.2, 0) is 6.54 Å². The molecule has 2 aromatic rings. The third kappa shape index (κ3) is 3.55. The smallest absolute Gasteiger partial charge is 0.244 e. The zero-order valence-corrected chi connectivity index (χ0v) is 12.5. The van der Waals surface area contributed by atoms with E-state index in [1.54, 1.807) is 6.20 Å². The van der Waals surface area contributed by atoms with Gasteiger partial charge < -0.3 is 20.1 Å². The third-order valence-corrected chi connectivity index (χ3v) is 3.28. The van der Waals surface area contributed by atoms with Crippen molar-refractivity contribution in [3.05, 3.63) is 30.0 Å². The van der Waals surface area contributed by atoms with Crippen LogP contribution in [0.2, 0.25) is 0 Å². The molecule has 1 aromatic carbocycles. The molecule has 7 nitrogen and oxygen atoms in total. The first-order chi connectivity index (χ1) is 10.8. The highest BCUT2D eigenvalue weighted by atomic mass is 16.7. The molecule has 1 aliphatic heterocycles. The summed E-state index contributed by atoms with van der Waals surface area (Å²) in [6.45, 7) is 3.91. The number of aromatic nitrogens is 3. The second kappa shape index (κ2) is 6.93. The molecule has 2 heterocycles. The average Bonchev–Trinajstić information content (AvgIpc) is 3.01. The molecule has 0 saturated carbocycles. The maximum Gasteiger partial charge on any atom is 0.244 e. The van der Waals surface area contributed by atoms with Gasteiger partial charge in [-0.05, 0) is 24.1 Å². The zero-order valence-electron chi connectivity index (χ0n) is 12.5. The molecule has 1 aromatic heterocycles. The number of hydrogen-bond donors (Lipinski definition) is 2. The summed E-state index contributed by atoms with van der Waals surface area (Å²) in [5, 5.41) is 14.3. The summed E-state index contributed by atoms with van der Waals surface area (Å²) in [6, 6.07) is 5.87. The van der Waals surface area contributed by atoms with Gasteiger partial charge in [0.2, 0.25) is 12.7 Å². The van der Waals surface area contributed by atoms with Crippen LogP contribution in [0.1, 0.15) is 25.3 Å². The molecule has 0 aliphatic carbocycles. The molecule has 3 rings (SSSR count). The van der Waals surface area contributed by atoms with E-state index in [1.165, 1.54) is 0 Å². The monoisotopic (exact) mass is 301 g/mol. The Kier molecular flexibility index (Phi) is 4.53. The molecule has 0 amide bonds. The van der Waals surface area contributed by atoms with Gasteiger partial charge in [-0.25, -0.2) is 0 Å². The number of benzene rings is 1. The van der Waals surface area contributed by atoms with E-state index in [0.29, 0.717) is 18.3 Å². The molecule has 0 saturated heterocycles. The normalized spacial score (nSPS) is 12.2. The number of nitrogens with zero attached hydrogens (tertiary/aromatic N) is 3. The number of ether oxygens (including phenoxy) is 2. The van der Waals surface area contributed by atoms with E-state index >= 15 is 0 Å². The van der Waals surface area contributed by atoms with Gasteiger partial charge in [0.05, 0.1) is 6.20 Å². The van der Waals surface area contributed by atoms with E-state index in [1.807, 2.05) is 18.2 Å². The Morgan fingerprint density at radius 3 is 3.00 bits per heavy atom. The number of unbranched alkanes of at least 4 members (excludes halogenated alkanes) is 1. The van der Waals surface area contributed by atoms with Crippen molar-refractivity contribution in [3.8, 4) is 11.5 Å². The fourth-order valence-corrected chi connectivity index (χ4v) is 2.08. The van der Waals surface area contributed by atoms with Crippen molar-refractivity contribution in [3.63, 3.8) is 0 Å². The van der Waals surface area contributed by atoms with Gasteiger partial charge in [0, 0.05) is 13.1 Å². The van der Waals surface area contributed by atoms with Crippen LogP contribution in [0.5, 0.6) is 11.5 Å². The topological polar surface area (TPSA) is 81.2 Å². The highest BCUT2D eigenvalue weighted by Gasteiger charge is 2.13. The summed E-state index contributed by atoms with van der Waals surface area (Å²) < 4.78 is 10.7. The maximum atomic E-state index is 5.37. The Balaban J connectivity index is 1.58. The Hall–Kier alpha value is -2.57. The number of rotatable bonds is 7. The van der Waals surface area contributed by atoms with E-state index in [0.717, 1.165) is 36.4 Å². The predicted molar refractivity (Wildman–Crippen MR) is 83.1 cm³/mol. The lowest BCUT2D eigenvalue weighted by Crippen LogP contribution is -2.09. The van der Waals surface area contributed by atoms with Crippen LogP contribution in [0.25, 0.3) is 0 Å². The van der Waals surface area contributed by atoms with Gasteiger partial charge in [-0.1, -0.05) is 19.4 Å². The molecule has 1 aliphatic rings. The van der Waals surface area contributed by atoms with Crippen molar-refractivity contribution in [1.82, 2.24) is 15.2 Å². The Morgan fingerprint density at radius 1 is 1.18 bits per heavy atom. The SMILES string of the molecule is CCCCNc1nncc(NCc2ccc3c(c2)OCO3)n1. The molecule has 0 spiro atoms. The molecule has 7 heteroatoms. The Bertz CT molecular complexity index is 635. The van der Waals surface area contributed by atoms with Crippen LogP contribution in [0.15, 0.2) is 24.4 Å². The lowest BCUT2D eigenvalue weighted by Gasteiger charge is -2.08. The number of hydrogen-bond acceptors (Lipinski definition) is 7. The first-order valence-electron chi connectivity index (χ1n) is 7.41. The second-order valence-electron chi connectivity index (χ2n) is 4.99. The summed E-state index contributed by atoms with van der Waals surface area (Å²) >= 11 is 0. The molecular formula is C15H19N5O2. The molecule has 22 heavy (non-hydrogen) atoms. The highest BCUT2D eigenvalue weighted by Crippen LogP contribution is 2.32. The summed E-state index contributed by atoms with van der Waals surface area (Å²) in [5.41, 5.74) is 1.09. The van der Waals surface area contributed by atoms with Gasteiger partial charge in [-0.15, -0.1) is 5.10 Å². The Morgan fingerprint density at radius 2 is 2.09 bits per heavy atom. The Labute approximate surface area is 129 Å². The largest absolute Gasteiger partial charge is 0.454 e. The lowest BCUT2D eigenvalue weighted by molar-refractivity contribution is 0.174. The fourth-order valence-electron chi connectivity index (χ4n) is 2.08. The van der Waals surface area contributed by atoms with Gasteiger partial charge in [0.25, 0.3) is 0 Å². The van der Waals surface area contributed by atoms with Crippen LogP contribution < -0.4 is 20.1 Å². The summed E-state index contributed by atoms with van der Waals surface area (Å²) in [4.78, 5) is 4.38. The van der Waals surface area contributed by atoms with E-state index in [4.69, 9.17) is 9.47 Å². The van der Waals surface area contributed by atoms with Gasteiger partial charge >= 0.3 is 0 Å². The van der Waals surface area contributed by atoms with Crippen LogP contribution in [0.3, 0.4) is 0 Å². The zero-order chi connectivity index (χ0) is 15.2. The van der Waals surface area contributed by atoms with E-state index in [2.05, 4.69) is 32.7 Å². The molecule has 0 atom stereocenters. The minimum atomic E-state index is 0.287. The van der Waals surface area contributed by atoms with Gasteiger partial charge in [0.1, 0.15) is 0 Å². The molecule has 2 N–H and O–H groups in total. The highest BCUT2D eigenvalue weighted by molar-refractivity contribution is 5.46. The van der Waals surface area contributed by atoms with Crippen LogP contribution >= 0.6 is 0 Å². The van der Waals surface area contributed by atoms with E-state index < -0.39 is 0 Å². The lowest BCUT2D eigenvalue weighted by atomic mass is 10.2. The van der Waals surface area contributed by atoms with Crippen molar-refractivity contribution >= 4 is 11.8 Å². The van der Waals surface area contributed by atoms with Crippen molar-refractivity contribution in [1.29, 1.82) is 0 Å². The number of nitrogens with one attached hydrogen (secondary N) is 2. The molecule has 0 radical (unpaired) electrons. The predicted octanol–water partition coefficient (Wildman–Crippen LogP) is 2.42. The van der Waals surface area contributed by atoms with Crippen molar-refractivity contribution in [2.75, 3.05) is 24.0 Å². The van der Waals surface area contributed by atoms with Gasteiger partial charge in [0.15, 0.2) is 17.3 Å². The molecule has 116 valence electrons. The fraction of sp³-hybridized carbons (Fsp3) is 0.400. The standard InChI is InChI=1S/C15H19N5O2/c1-2-3-6-16-15-19-14(9-18-20-15)17-8-11-4-5-12-13(7-11)22-10-21-12/h4-5,7,9H,2-3,6,8,10H2,1H3,(H2,16,17,19,20). The minimum absolute atomic E-state index is 0.287. The maximum absolute atomic E-state index is 5.37. The van der Waals surface area contributed by atoms with Gasteiger partial charge in [-0.2, -0.15) is 10.1 Å². The minimum Gasteiger partial charge on any atom is -0.454 e. The molecule has 0 bridgehead atoms. The number of fused-ring (bicyclic) bond motifs is 1. The summed E-state index contributed by atoms with van der Waals surface area (Å²) in [7, 11) is 0. The van der Waals surface area contributed by atoms with Crippen LogP contribution in [0, 0.1) is 0 Å². The van der Waals surface area contributed by atoms with E-state index in [9.17, 15) is 0 Å². The number of anilines is 2. The first-order valence-corrected chi connectivity index (χ1v) is 7.41. The van der Waals surface area contributed by atoms with Crippen LogP contribution in [-0.4, -0.2) is 28.5 Å². The summed E-state index contributed by atoms with van der Waals surface area (Å²) in [5.74, 6) is 2.80. The molecular weight excluding hydrogens is 282 g/mol.